The van der Waals surface area contributed by atoms with Crippen molar-refractivity contribution >= 4 is 24.9 Å². The predicted octanol–water partition coefficient (Wildman–Crippen LogP) is -0.370. The van der Waals surface area contributed by atoms with E-state index in [1.54, 1.807) is 5.48 Å². The van der Waals surface area contributed by atoms with Crippen molar-refractivity contribution in [2.24, 2.45) is 0 Å². The number of phenols is 1. The first-order valence-corrected chi connectivity index (χ1v) is 10.6. The van der Waals surface area contributed by atoms with Gasteiger partial charge < -0.3 is 24.9 Å². The molecule has 1 aromatic carbocycles. The molecular weight excluding hydrogens is 449 g/mol. The number of rotatable bonds is 7. The molecule has 1 aliphatic rings. The van der Waals surface area contributed by atoms with Crippen LogP contribution in [-0.2, 0) is 18.5 Å². The number of phenolic OH excluding ortho intramolecular Hbond substituents is 1. The topological polar surface area (TPSA) is 198 Å². The fraction of sp³-hybridized carbons (Fsp3) is 0.294. The third-order valence-electron chi connectivity index (χ3n) is 4.65. The highest BCUT2D eigenvalue weighted by Gasteiger charge is 2.45. The maximum Gasteiger partial charge on any atom is 0.493 e. The van der Waals surface area contributed by atoms with E-state index in [1.165, 1.54) is 47.7 Å². The standard InChI is InChI=1S/C17H18N5O9P/c23-11-4-2-1-3-9(11)16(26)21-31-32(27,28)29-6-12-13(24)14(25)17(30-12)22-8-20-10-5-18-7-19-15(10)22/h1-5,7-8,12-14,17,23-25H,6H2,(H,21,26)(H,27,28)/t12-,13-,14-,17-/m1/s1. The molecule has 0 aliphatic carbocycles. The summed E-state index contributed by atoms with van der Waals surface area (Å²) in [4.78, 5) is 33.7. The molecule has 32 heavy (non-hydrogen) atoms. The van der Waals surface area contributed by atoms with Crippen LogP contribution in [0.2, 0.25) is 0 Å². The summed E-state index contributed by atoms with van der Waals surface area (Å²) in [5, 5.41) is 30.2. The van der Waals surface area contributed by atoms with Gasteiger partial charge in [-0.3, -0.25) is 13.9 Å². The van der Waals surface area contributed by atoms with E-state index in [0.29, 0.717) is 11.2 Å². The number of fused-ring (bicyclic) bond motifs is 1. The molecular formula is C17H18N5O9P. The predicted molar refractivity (Wildman–Crippen MR) is 104 cm³/mol. The fourth-order valence-electron chi connectivity index (χ4n) is 3.08. The van der Waals surface area contributed by atoms with E-state index in [9.17, 15) is 29.6 Å². The number of para-hydroxylation sites is 1. The average molecular weight is 467 g/mol. The molecule has 0 spiro atoms. The second-order valence-electron chi connectivity index (χ2n) is 6.73. The number of hydrogen-bond donors (Lipinski definition) is 5. The highest BCUT2D eigenvalue weighted by Crippen LogP contribution is 2.43. The largest absolute Gasteiger partial charge is 0.507 e. The Kier molecular flexibility index (Phi) is 6.17. The minimum absolute atomic E-state index is 0.190. The summed E-state index contributed by atoms with van der Waals surface area (Å²) in [6.45, 7) is -0.656. The first-order chi connectivity index (χ1) is 15.3. The first-order valence-electron chi connectivity index (χ1n) is 9.15. The number of aromatic nitrogens is 4. The zero-order chi connectivity index (χ0) is 22.9. The molecule has 1 saturated heterocycles. The van der Waals surface area contributed by atoms with Crippen LogP contribution in [0.15, 0.2) is 43.1 Å². The summed E-state index contributed by atoms with van der Waals surface area (Å²) in [6, 6.07) is 5.48. The number of benzene rings is 1. The number of phosphoric acid groups is 1. The lowest BCUT2D eigenvalue weighted by Crippen LogP contribution is -2.34. The zero-order valence-electron chi connectivity index (χ0n) is 16.1. The van der Waals surface area contributed by atoms with Crippen LogP contribution in [0, 0.1) is 0 Å². The van der Waals surface area contributed by atoms with E-state index in [0.717, 1.165) is 0 Å². The third kappa shape index (κ3) is 4.47. The quantitative estimate of drug-likeness (QED) is 0.223. The number of nitrogens with one attached hydrogen (secondary N) is 1. The molecule has 1 amide bonds. The van der Waals surface area contributed by atoms with Gasteiger partial charge in [0.15, 0.2) is 11.9 Å². The summed E-state index contributed by atoms with van der Waals surface area (Å²) in [5.41, 5.74) is 2.30. The SMILES string of the molecule is O=C(NOP(=O)(O)OC[C@H]1O[C@@H](n2cnc3cncnc32)[C@H](O)[C@@H]1O)c1ccccc1O. The number of amides is 1. The summed E-state index contributed by atoms with van der Waals surface area (Å²) in [7, 11) is -4.83. The molecule has 1 fully saturated rings. The van der Waals surface area contributed by atoms with Gasteiger partial charge in [-0.05, 0) is 12.1 Å². The maximum atomic E-state index is 12.1. The van der Waals surface area contributed by atoms with E-state index >= 15 is 0 Å². The van der Waals surface area contributed by atoms with Gasteiger partial charge in [0, 0.05) is 0 Å². The zero-order valence-corrected chi connectivity index (χ0v) is 17.0. The van der Waals surface area contributed by atoms with Crippen molar-refractivity contribution in [3.63, 3.8) is 0 Å². The number of aromatic hydroxyl groups is 1. The number of ether oxygens (including phenoxy) is 1. The number of hydroxylamine groups is 1. The number of aliphatic hydroxyl groups excluding tert-OH is 2. The molecule has 15 heteroatoms. The molecule has 1 unspecified atom stereocenters. The van der Waals surface area contributed by atoms with Crippen molar-refractivity contribution in [3.8, 4) is 5.75 Å². The smallest absolute Gasteiger partial charge is 0.493 e. The Balaban J connectivity index is 1.36. The van der Waals surface area contributed by atoms with Crippen LogP contribution < -0.4 is 5.48 Å². The number of carbonyl (C=O) groups excluding carboxylic acids is 1. The van der Waals surface area contributed by atoms with Gasteiger partial charge in [0.2, 0.25) is 0 Å². The number of nitrogens with zero attached hydrogens (tertiary/aromatic N) is 4. The Morgan fingerprint density at radius 2 is 2.03 bits per heavy atom. The van der Waals surface area contributed by atoms with Crippen LogP contribution in [0.5, 0.6) is 5.75 Å². The van der Waals surface area contributed by atoms with Crippen molar-refractivity contribution in [2.45, 2.75) is 24.5 Å². The average Bonchev–Trinajstić information content (AvgIpc) is 3.32. The van der Waals surface area contributed by atoms with Crippen LogP contribution in [-0.4, -0.2) is 70.6 Å². The highest BCUT2D eigenvalue weighted by atomic mass is 31.2. The van der Waals surface area contributed by atoms with Crippen molar-refractivity contribution in [1.82, 2.24) is 25.0 Å². The van der Waals surface area contributed by atoms with Crippen LogP contribution in [0.4, 0.5) is 0 Å². The number of imidazole rings is 1. The molecule has 0 bridgehead atoms. The highest BCUT2D eigenvalue weighted by molar-refractivity contribution is 7.47. The monoisotopic (exact) mass is 467 g/mol. The van der Waals surface area contributed by atoms with Gasteiger partial charge in [-0.2, -0.15) is 4.62 Å². The number of carbonyl (C=O) groups is 1. The Hall–Kier alpha value is -2.97. The van der Waals surface area contributed by atoms with Crippen LogP contribution in [0.25, 0.3) is 11.2 Å². The van der Waals surface area contributed by atoms with E-state index in [1.807, 2.05) is 0 Å². The van der Waals surface area contributed by atoms with E-state index in [4.69, 9.17) is 9.26 Å². The molecule has 170 valence electrons. The van der Waals surface area contributed by atoms with Crippen LogP contribution in [0.3, 0.4) is 0 Å². The maximum absolute atomic E-state index is 12.1. The fourth-order valence-corrected chi connectivity index (χ4v) is 3.67. The Morgan fingerprint density at radius 3 is 2.81 bits per heavy atom. The van der Waals surface area contributed by atoms with Gasteiger partial charge in [-0.1, -0.05) is 12.1 Å². The van der Waals surface area contributed by atoms with E-state index < -0.39 is 44.9 Å². The molecule has 1 aliphatic heterocycles. The van der Waals surface area contributed by atoms with Gasteiger partial charge >= 0.3 is 7.82 Å². The lowest BCUT2D eigenvalue weighted by atomic mass is 10.1. The Labute approximate surface area is 179 Å². The van der Waals surface area contributed by atoms with Crippen molar-refractivity contribution in [3.05, 3.63) is 48.7 Å². The van der Waals surface area contributed by atoms with Gasteiger partial charge in [-0.25, -0.2) is 25.0 Å². The number of hydrogen-bond acceptors (Lipinski definition) is 11. The molecule has 0 radical (unpaired) electrons. The van der Waals surface area contributed by atoms with Crippen LogP contribution >= 0.6 is 7.82 Å². The van der Waals surface area contributed by atoms with E-state index in [-0.39, 0.29) is 11.3 Å². The summed E-state index contributed by atoms with van der Waals surface area (Å²) in [6.07, 6.45) is -1.13. The summed E-state index contributed by atoms with van der Waals surface area (Å²) < 4.78 is 28.2. The minimum Gasteiger partial charge on any atom is -0.507 e. The van der Waals surface area contributed by atoms with E-state index in [2.05, 4.69) is 19.6 Å². The van der Waals surface area contributed by atoms with Gasteiger partial charge in [0.05, 0.1) is 24.7 Å². The third-order valence-corrected chi connectivity index (χ3v) is 5.45. The molecule has 3 aromatic rings. The van der Waals surface area contributed by atoms with Gasteiger partial charge in [0.1, 0.15) is 35.9 Å². The lowest BCUT2D eigenvalue weighted by molar-refractivity contribution is -0.0525. The minimum atomic E-state index is -4.83. The second kappa shape index (κ2) is 8.88. The molecule has 2 aromatic heterocycles. The number of phosphoric ester groups is 1. The molecule has 3 heterocycles. The van der Waals surface area contributed by atoms with Gasteiger partial charge in [-0.15, -0.1) is 0 Å². The number of aliphatic hydroxyl groups is 2. The molecule has 4 rings (SSSR count). The van der Waals surface area contributed by atoms with Crippen LogP contribution in [0.1, 0.15) is 16.6 Å². The lowest BCUT2D eigenvalue weighted by Gasteiger charge is -2.17. The Bertz CT molecular complexity index is 1170. The molecule has 5 N–H and O–H groups in total. The van der Waals surface area contributed by atoms with Gasteiger partial charge in [0.25, 0.3) is 5.91 Å². The first kappa shape index (κ1) is 22.2. The summed E-state index contributed by atoms with van der Waals surface area (Å²) >= 11 is 0. The van der Waals surface area contributed by atoms with Crippen molar-refractivity contribution in [1.29, 1.82) is 0 Å². The summed E-state index contributed by atoms with van der Waals surface area (Å²) in [5.74, 6) is -1.34. The second-order valence-corrected chi connectivity index (χ2v) is 8.11. The Morgan fingerprint density at radius 1 is 1.25 bits per heavy atom. The normalized spacial score (nSPS) is 25.0. The van der Waals surface area contributed by atoms with Crippen molar-refractivity contribution in [2.75, 3.05) is 6.61 Å². The molecule has 0 saturated carbocycles. The van der Waals surface area contributed by atoms with Crippen molar-refractivity contribution < 1.29 is 43.5 Å². The molecule has 14 nitrogen and oxygen atoms in total. The molecule has 5 atom stereocenters.